The minimum Gasteiger partial charge on any atom is -0.317 e. The Bertz CT molecular complexity index is 78.9. The highest BCUT2D eigenvalue weighted by molar-refractivity contribution is 4.65. The average molecular weight is 155 g/mol. The van der Waals surface area contributed by atoms with Gasteiger partial charge in [0, 0.05) is 0 Å². The van der Waals surface area contributed by atoms with Crippen molar-refractivity contribution >= 4 is 0 Å². The first-order valence-corrected chi connectivity index (χ1v) is 4.73. The Balaban J connectivity index is 2.74. The summed E-state index contributed by atoms with van der Waals surface area (Å²) in [6.07, 6.45) is 8.37. The Morgan fingerprint density at radius 1 is 1.18 bits per heavy atom. The standard InChI is InChI=1S/C10H21N/c1-3-5-6-7-8-10-11-9-4-2/h3,11H,1,4-10H2,2H3. The third kappa shape index (κ3) is 9.70. The van der Waals surface area contributed by atoms with E-state index in [0.29, 0.717) is 0 Å². The first-order valence-electron chi connectivity index (χ1n) is 4.73. The molecule has 1 N–H and O–H groups in total. The summed E-state index contributed by atoms with van der Waals surface area (Å²) in [7, 11) is 0. The number of hydrogen-bond acceptors (Lipinski definition) is 1. The molecule has 0 spiro atoms. The van der Waals surface area contributed by atoms with Crippen LogP contribution < -0.4 is 5.32 Å². The van der Waals surface area contributed by atoms with Gasteiger partial charge in [0.2, 0.25) is 0 Å². The van der Waals surface area contributed by atoms with Gasteiger partial charge in [0.05, 0.1) is 0 Å². The van der Waals surface area contributed by atoms with E-state index in [-0.39, 0.29) is 0 Å². The fourth-order valence-electron chi connectivity index (χ4n) is 1.02. The molecule has 0 aromatic carbocycles. The predicted molar refractivity (Wildman–Crippen MR) is 51.8 cm³/mol. The highest BCUT2D eigenvalue weighted by atomic mass is 14.8. The SMILES string of the molecule is C=CCCCCCNCCC. The van der Waals surface area contributed by atoms with Crippen LogP contribution in [-0.2, 0) is 0 Å². The lowest BCUT2D eigenvalue weighted by Crippen LogP contribution is -2.15. The molecule has 0 fully saturated rings. The molecule has 0 atom stereocenters. The van der Waals surface area contributed by atoms with E-state index in [1.165, 1.54) is 45.2 Å². The van der Waals surface area contributed by atoms with Crippen LogP contribution in [0.3, 0.4) is 0 Å². The van der Waals surface area contributed by atoms with Gasteiger partial charge in [-0.15, -0.1) is 6.58 Å². The van der Waals surface area contributed by atoms with Crippen molar-refractivity contribution in [2.45, 2.75) is 39.0 Å². The Labute approximate surface area is 70.9 Å². The van der Waals surface area contributed by atoms with Gasteiger partial charge in [0.25, 0.3) is 0 Å². The van der Waals surface area contributed by atoms with Crippen LogP contribution in [0.5, 0.6) is 0 Å². The number of unbranched alkanes of at least 4 members (excludes halogenated alkanes) is 3. The number of hydrogen-bond donors (Lipinski definition) is 1. The Morgan fingerprint density at radius 2 is 2.00 bits per heavy atom. The van der Waals surface area contributed by atoms with Crippen molar-refractivity contribution in [1.82, 2.24) is 5.32 Å². The van der Waals surface area contributed by atoms with Crippen molar-refractivity contribution in [2.75, 3.05) is 13.1 Å². The first-order chi connectivity index (χ1) is 5.41. The molecule has 0 saturated carbocycles. The molecule has 0 unspecified atom stereocenters. The van der Waals surface area contributed by atoms with Crippen LogP contribution in [0, 0.1) is 0 Å². The second-order valence-corrected chi connectivity index (χ2v) is 2.89. The molecule has 0 bridgehead atoms. The fraction of sp³-hybridized carbons (Fsp3) is 0.800. The Hall–Kier alpha value is -0.300. The van der Waals surface area contributed by atoms with E-state index in [9.17, 15) is 0 Å². The minimum absolute atomic E-state index is 1.17. The zero-order chi connectivity index (χ0) is 8.36. The molecule has 1 nitrogen and oxygen atoms in total. The molecular formula is C10H21N. The first kappa shape index (κ1) is 10.7. The van der Waals surface area contributed by atoms with Crippen LogP contribution >= 0.6 is 0 Å². The molecule has 0 amide bonds. The zero-order valence-electron chi connectivity index (χ0n) is 7.73. The monoisotopic (exact) mass is 155 g/mol. The maximum absolute atomic E-state index is 3.69. The minimum atomic E-state index is 1.17. The highest BCUT2D eigenvalue weighted by Crippen LogP contribution is 1.98. The van der Waals surface area contributed by atoms with Gasteiger partial charge in [0.1, 0.15) is 0 Å². The van der Waals surface area contributed by atoms with Crippen LogP contribution in [0.2, 0.25) is 0 Å². The lowest BCUT2D eigenvalue weighted by Gasteiger charge is -2.01. The van der Waals surface area contributed by atoms with E-state index in [1.54, 1.807) is 0 Å². The third-order valence-corrected chi connectivity index (χ3v) is 1.69. The molecule has 0 heterocycles. The summed E-state index contributed by atoms with van der Waals surface area (Å²) in [6.45, 7) is 8.25. The van der Waals surface area contributed by atoms with Crippen molar-refractivity contribution in [3.63, 3.8) is 0 Å². The van der Waals surface area contributed by atoms with Gasteiger partial charge in [-0.2, -0.15) is 0 Å². The number of allylic oxidation sites excluding steroid dienone is 1. The lowest BCUT2D eigenvalue weighted by molar-refractivity contribution is 0.602. The van der Waals surface area contributed by atoms with Crippen molar-refractivity contribution in [3.8, 4) is 0 Å². The fourth-order valence-corrected chi connectivity index (χ4v) is 1.02. The molecule has 0 rings (SSSR count). The second-order valence-electron chi connectivity index (χ2n) is 2.89. The molecule has 1 heteroatoms. The van der Waals surface area contributed by atoms with E-state index in [4.69, 9.17) is 0 Å². The maximum atomic E-state index is 3.69. The summed E-state index contributed by atoms with van der Waals surface area (Å²) in [5, 5.41) is 3.39. The van der Waals surface area contributed by atoms with Crippen LogP contribution in [0.25, 0.3) is 0 Å². The molecule has 0 radical (unpaired) electrons. The zero-order valence-corrected chi connectivity index (χ0v) is 7.73. The molecule has 0 aliphatic rings. The van der Waals surface area contributed by atoms with E-state index in [0.717, 1.165) is 0 Å². The van der Waals surface area contributed by atoms with Crippen LogP contribution in [0.1, 0.15) is 39.0 Å². The van der Waals surface area contributed by atoms with Crippen molar-refractivity contribution < 1.29 is 0 Å². The van der Waals surface area contributed by atoms with Crippen molar-refractivity contribution in [1.29, 1.82) is 0 Å². The van der Waals surface area contributed by atoms with Gasteiger partial charge in [-0.05, 0) is 38.8 Å². The summed E-state index contributed by atoms with van der Waals surface area (Å²) in [4.78, 5) is 0. The molecular weight excluding hydrogens is 134 g/mol. The largest absolute Gasteiger partial charge is 0.317 e. The molecule has 11 heavy (non-hydrogen) atoms. The van der Waals surface area contributed by atoms with Gasteiger partial charge < -0.3 is 5.32 Å². The molecule has 0 aliphatic carbocycles. The van der Waals surface area contributed by atoms with E-state index >= 15 is 0 Å². The summed E-state index contributed by atoms with van der Waals surface area (Å²) in [6, 6.07) is 0. The average Bonchev–Trinajstić information content (AvgIpc) is 2.03. The highest BCUT2D eigenvalue weighted by Gasteiger charge is 1.86. The maximum Gasteiger partial charge on any atom is -0.00489 e. The molecule has 0 aliphatic heterocycles. The van der Waals surface area contributed by atoms with Crippen molar-refractivity contribution in [3.05, 3.63) is 12.7 Å². The van der Waals surface area contributed by atoms with Gasteiger partial charge in [0.15, 0.2) is 0 Å². The summed E-state index contributed by atoms with van der Waals surface area (Å²) in [5.74, 6) is 0. The smallest absolute Gasteiger partial charge is 0.00489 e. The summed E-state index contributed by atoms with van der Waals surface area (Å²) in [5.41, 5.74) is 0. The lowest BCUT2D eigenvalue weighted by atomic mass is 10.2. The normalized spacial score (nSPS) is 9.91. The summed E-state index contributed by atoms with van der Waals surface area (Å²) < 4.78 is 0. The predicted octanol–water partition coefficient (Wildman–Crippen LogP) is 2.73. The molecule has 0 saturated heterocycles. The molecule has 0 aromatic heterocycles. The van der Waals surface area contributed by atoms with E-state index in [1.807, 2.05) is 6.08 Å². The number of nitrogens with one attached hydrogen (secondary N) is 1. The summed E-state index contributed by atoms with van der Waals surface area (Å²) >= 11 is 0. The van der Waals surface area contributed by atoms with E-state index < -0.39 is 0 Å². The Morgan fingerprint density at radius 3 is 2.64 bits per heavy atom. The van der Waals surface area contributed by atoms with Crippen LogP contribution in [0.4, 0.5) is 0 Å². The quantitative estimate of drug-likeness (QED) is 0.420. The molecule has 66 valence electrons. The van der Waals surface area contributed by atoms with Gasteiger partial charge in [-0.25, -0.2) is 0 Å². The van der Waals surface area contributed by atoms with Gasteiger partial charge in [-0.3, -0.25) is 0 Å². The van der Waals surface area contributed by atoms with Crippen LogP contribution in [0.15, 0.2) is 12.7 Å². The van der Waals surface area contributed by atoms with Crippen molar-refractivity contribution in [2.24, 2.45) is 0 Å². The van der Waals surface area contributed by atoms with Crippen LogP contribution in [-0.4, -0.2) is 13.1 Å². The molecule has 0 aromatic rings. The third-order valence-electron chi connectivity index (χ3n) is 1.69. The second kappa shape index (κ2) is 9.70. The van der Waals surface area contributed by atoms with E-state index in [2.05, 4.69) is 18.8 Å². The topological polar surface area (TPSA) is 12.0 Å². The number of rotatable bonds is 8. The van der Waals surface area contributed by atoms with Gasteiger partial charge in [-0.1, -0.05) is 19.4 Å². The Kier molecular flexibility index (Phi) is 9.44. The van der Waals surface area contributed by atoms with Gasteiger partial charge >= 0.3 is 0 Å².